The van der Waals surface area contributed by atoms with Gasteiger partial charge in [-0.1, -0.05) is 5.92 Å². The molecule has 0 aromatic carbocycles. The minimum absolute atomic E-state index is 0.000804. The molecule has 2 heterocycles. The summed E-state index contributed by atoms with van der Waals surface area (Å²) < 4.78 is 5.31. The van der Waals surface area contributed by atoms with E-state index in [2.05, 4.69) is 5.92 Å². The Bertz CT molecular complexity index is 550. The number of amides is 2. The Balaban J connectivity index is 2.25. The highest BCUT2D eigenvalue weighted by Crippen LogP contribution is 2.32. The van der Waals surface area contributed by atoms with Crippen LogP contribution < -0.4 is 0 Å². The zero-order chi connectivity index (χ0) is 12.4. The third kappa shape index (κ3) is 2.27. The average Bonchev–Trinajstić information content (AvgIpc) is 2.79. The number of terminal acetylenes is 1. The van der Waals surface area contributed by atoms with Crippen LogP contribution in [0.3, 0.4) is 0 Å². The average molecular weight is 247 g/mol. The quantitative estimate of drug-likeness (QED) is 0.594. The van der Waals surface area contributed by atoms with Crippen LogP contribution in [0.4, 0.5) is 4.79 Å². The Hall–Kier alpha value is -1.93. The number of imide groups is 1. The van der Waals surface area contributed by atoms with Crippen molar-refractivity contribution in [2.24, 2.45) is 0 Å². The van der Waals surface area contributed by atoms with Gasteiger partial charge >= 0.3 is 0 Å². The first-order valence-corrected chi connectivity index (χ1v) is 5.68. The van der Waals surface area contributed by atoms with Gasteiger partial charge in [0.05, 0.1) is 11.4 Å². The van der Waals surface area contributed by atoms with Crippen molar-refractivity contribution in [3.05, 3.63) is 28.6 Å². The lowest BCUT2D eigenvalue weighted by Gasteiger charge is -2.06. The predicted octanol–water partition coefficient (Wildman–Crippen LogP) is 2.26. The lowest BCUT2D eigenvalue weighted by atomic mass is 10.3. The molecular weight excluding hydrogens is 238 g/mol. The monoisotopic (exact) mass is 247 g/mol. The molecule has 2 rings (SSSR count). The van der Waals surface area contributed by atoms with E-state index < -0.39 is 0 Å². The molecule has 0 aliphatic carbocycles. The van der Waals surface area contributed by atoms with Crippen LogP contribution in [0.25, 0.3) is 6.08 Å². The van der Waals surface area contributed by atoms with Crippen molar-refractivity contribution in [3.63, 3.8) is 0 Å². The minimum Gasteiger partial charge on any atom is -0.462 e. The second-order valence-corrected chi connectivity index (χ2v) is 4.41. The van der Waals surface area contributed by atoms with Gasteiger partial charge in [-0.05, 0) is 30.8 Å². The number of hydrogen-bond acceptors (Lipinski definition) is 4. The third-order valence-electron chi connectivity index (χ3n) is 2.16. The maximum atomic E-state index is 11.8. The van der Waals surface area contributed by atoms with Gasteiger partial charge in [-0.25, -0.2) is 0 Å². The summed E-state index contributed by atoms with van der Waals surface area (Å²) in [6, 6.07) is 3.53. The summed E-state index contributed by atoms with van der Waals surface area (Å²) in [4.78, 5) is 24.6. The normalized spacial score (nSPS) is 17.9. The highest BCUT2D eigenvalue weighted by Gasteiger charge is 2.34. The number of rotatable bonds is 2. The van der Waals surface area contributed by atoms with Gasteiger partial charge in [0.1, 0.15) is 11.5 Å². The van der Waals surface area contributed by atoms with Crippen LogP contribution >= 0.6 is 11.8 Å². The molecule has 1 aromatic heterocycles. The van der Waals surface area contributed by atoms with Crippen LogP contribution in [-0.4, -0.2) is 22.6 Å². The summed E-state index contributed by atoms with van der Waals surface area (Å²) in [6.07, 6.45) is 6.64. The molecule has 86 valence electrons. The van der Waals surface area contributed by atoms with Crippen molar-refractivity contribution in [2.45, 2.75) is 6.92 Å². The molecule has 4 nitrogen and oxygen atoms in total. The number of carbonyl (C=O) groups is 2. The van der Waals surface area contributed by atoms with Gasteiger partial charge in [0.25, 0.3) is 11.1 Å². The van der Waals surface area contributed by atoms with E-state index in [1.54, 1.807) is 25.1 Å². The Kier molecular flexibility index (Phi) is 3.07. The minimum atomic E-state index is -0.369. The fraction of sp³-hybridized carbons (Fsp3) is 0.167. The first-order chi connectivity index (χ1) is 8.11. The lowest BCUT2D eigenvalue weighted by molar-refractivity contribution is -0.122. The molecule has 1 aliphatic rings. The van der Waals surface area contributed by atoms with Gasteiger partial charge < -0.3 is 4.42 Å². The number of nitrogens with zero attached hydrogens (tertiary/aromatic N) is 1. The van der Waals surface area contributed by atoms with Crippen LogP contribution in [0.15, 0.2) is 21.5 Å². The smallest absolute Gasteiger partial charge is 0.294 e. The summed E-state index contributed by atoms with van der Waals surface area (Å²) in [5.41, 5.74) is 0. The third-order valence-corrected chi connectivity index (χ3v) is 3.06. The van der Waals surface area contributed by atoms with Gasteiger partial charge in [0, 0.05) is 6.08 Å². The van der Waals surface area contributed by atoms with Crippen molar-refractivity contribution >= 4 is 29.0 Å². The molecule has 0 unspecified atom stereocenters. The number of furan rings is 1. The number of thioether (sulfide) groups is 1. The fourth-order valence-electron chi connectivity index (χ4n) is 1.39. The molecule has 1 fully saturated rings. The Morgan fingerprint density at radius 3 is 2.88 bits per heavy atom. The Morgan fingerprint density at radius 1 is 1.53 bits per heavy atom. The molecule has 1 aromatic rings. The zero-order valence-corrected chi connectivity index (χ0v) is 9.91. The molecule has 1 aliphatic heterocycles. The molecular formula is C12H9NO3S. The van der Waals surface area contributed by atoms with Gasteiger partial charge in [0.15, 0.2) is 0 Å². The lowest BCUT2D eigenvalue weighted by Crippen LogP contribution is -2.28. The zero-order valence-electron chi connectivity index (χ0n) is 9.10. The summed E-state index contributed by atoms with van der Waals surface area (Å²) >= 11 is 0.869. The molecule has 17 heavy (non-hydrogen) atoms. The molecule has 0 N–H and O–H groups in total. The van der Waals surface area contributed by atoms with Crippen LogP contribution in [0, 0.1) is 19.3 Å². The number of carbonyl (C=O) groups excluding carboxylic acids is 2. The molecule has 5 heteroatoms. The first kappa shape index (κ1) is 11.6. The summed E-state index contributed by atoms with van der Waals surface area (Å²) in [7, 11) is 0. The molecule has 0 radical (unpaired) electrons. The summed E-state index contributed by atoms with van der Waals surface area (Å²) in [5, 5.41) is -0.345. The van der Waals surface area contributed by atoms with Gasteiger partial charge in [-0.3, -0.25) is 14.5 Å². The van der Waals surface area contributed by atoms with Gasteiger partial charge in [-0.2, -0.15) is 0 Å². The molecule has 0 spiro atoms. The van der Waals surface area contributed by atoms with Crippen LogP contribution in [0.1, 0.15) is 11.5 Å². The van der Waals surface area contributed by atoms with Crippen LogP contribution in [0.2, 0.25) is 0 Å². The van der Waals surface area contributed by atoms with Crippen molar-refractivity contribution in [2.75, 3.05) is 6.54 Å². The van der Waals surface area contributed by atoms with Crippen LogP contribution in [-0.2, 0) is 4.79 Å². The first-order valence-electron chi connectivity index (χ1n) is 4.87. The highest BCUT2D eigenvalue weighted by molar-refractivity contribution is 8.18. The maximum absolute atomic E-state index is 11.8. The van der Waals surface area contributed by atoms with Crippen molar-refractivity contribution < 1.29 is 14.0 Å². The van der Waals surface area contributed by atoms with E-state index in [9.17, 15) is 9.59 Å². The molecule has 0 bridgehead atoms. The SMILES string of the molecule is C#CCN1C(=O)S/C(=C/c2ccc(C)o2)C1=O. The second-order valence-electron chi connectivity index (χ2n) is 3.42. The van der Waals surface area contributed by atoms with E-state index in [1.807, 2.05) is 0 Å². The fourth-order valence-corrected chi connectivity index (χ4v) is 2.21. The van der Waals surface area contributed by atoms with Gasteiger partial charge in [0.2, 0.25) is 0 Å². The maximum Gasteiger partial charge on any atom is 0.294 e. The van der Waals surface area contributed by atoms with Crippen molar-refractivity contribution in [3.8, 4) is 12.3 Å². The number of aryl methyl sites for hydroxylation is 1. The second kappa shape index (κ2) is 4.52. The molecule has 0 saturated carbocycles. The highest BCUT2D eigenvalue weighted by atomic mass is 32.2. The van der Waals surface area contributed by atoms with Crippen molar-refractivity contribution in [1.82, 2.24) is 4.90 Å². The Morgan fingerprint density at radius 2 is 2.29 bits per heavy atom. The molecule has 2 amide bonds. The van der Waals surface area contributed by atoms with Gasteiger partial charge in [-0.15, -0.1) is 6.42 Å². The predicted molar refractivity (Wildman–Crippen MR) is 65.0 cm³/mol. The number of hydrogen-bond donors (Lipinski definition) is 0. The van der Waals surface area contributed by atoms with Crippen LogP contribution in [0.5, 0.6) is 0 Å². The van der Waals surface area contributed by atoms with E-state index in [0.717, 1.165) is 22.4 Å². The Labute approximate surface area is 103 Å². The van der Waals surface area contributed by atoms with E-state index >= 15 is 0 Å². The molecule has 1 saturated heterocycles. The van der Waals surface area contributed by atoms with E-state index in [4.69, 9.17) is 10.8 Å². The van der Waals surface area contributed by atoms with E-state index in [1.165, 1.54) is 0 Å². The van der Waals surface area contributed by atoms with E-state index in [-0.39, 0.29) is 17.7 Å². The van der Waals surface area contributed by atoms with E-state index in [0.29, 0.717) is 10.7 Å². The largest absolute Gasteiger partial charge is 0.462 e. The topological polar surface area (TPSA) is 50.5 Å². The summed E-state index contributed by atoms with van der Waals surface area (Å²) in [6.45, 7) is 1.81. The summed E-state index contributed by atoms with van der Waals surface area (Å²) in [5.74, 6) is 3.21. The molecule has 0 atom stereocenters. The standard InChI is InChI=1S/C12H9NO3S/c1-3-6-13-11(14)10(17-12(13)15)7-9-5-4-8(2)16-9/h1,4-5,7H,6H2,2H3/b10-7+. The van der Waals surface area contributed by atoms with Crippen molar-refractivity contribution in [1.29, 1.82) is 0 Å².